The van der Waals surface area contributed by atoms with Crippen LogP contribution in [0.3, 0.4) is 0 Å². The van der Waals surface area contributed by atoms with E-state index in [0.717, 1.165) is 25.7 Å². The van der Waals surface area contributed by atoms with Crippen LogP contribution in [0.2, 0.25) is 0 Å². The quantitative estimate of drug-likeness (QED) is 0.801. The second kappa shape index (κ2) is 5.04. The van der Waals surface area contributed by atoms with Gasteiger partial charge in [0.25, 0.3) is 5.91 Å². The van der Waals surface area contributed by atoms with Crippen molar-refractivity contribution >= 4 is 11.9 Å². The number of ether oxygens (including phenoxy) is 1. The van der Waals surface area contributed by atoms with Crippen molar-refractivity contribution in [2.45, 2.75) is 57.3 Å². The zero-order valence-corrected chi connectivity index (χ0v) is 10.1. The van der Waals surface area contributed by atoms with E-state index < -0.39 is 5.97 Å². The molecule has 1 amide bonds. The smallest absolute Gasteiger partial charge is 0.305 e. The molecule has 96 valence electrons. The van der Waals surface area contributed by atoms with Gasteiger partial charge in [-0.1, -0.05) is 0 Å². The molecule has 0 bridgehead atoms. The molecule has 2 saturated heterocycles. The Kier molecular flexibility index (Phi) is 3.66. The fraction of sp³-hybridized carbons (Fsp3) is 0.833. The number of carbonyl (C=O) groups is 2. The van der Waals surface area contributed by atoms with Crippen LogP contribution in [-0.4, -0.2) is 46.7 Å². The summed E-state index contributed by atoms with van der Waals surface area (Å²) >= 11 is 0. The standard InChI is InChI=1S/C12H19NO4/c1-8-4-5-10(17-8)12(16)13-6-2-3-9(13)7-11(14)15/h8-10H,2-7H2,1H3,(H,14,15). The predicted molar refractivity (Wildman–Crippen MR) is 60.6 cm³/mol. The van der Waals surface area contributed by atoms with Crippen molar-refractivity contribution in [2.75, 3.05) is 6.54 Å². The second-order valence-corrected chi connectivity index (χ2v) is 4.94. The van der Waals surface area contributed by atoms with Crippen molar-refractivity contribution in [2.24, 2.45) is 0 Å². The fourth-order valence-electron chi connectivity index (χ4n) is 2.71. The number of nitrogens with zero attached hydrogens (tertiary/aromatic N) is 1. The third kappa shape index (κ3) is 2.77. The third-order valence-corrected chi connectivity index (χ3v) is 3.58. The lowest BCUT2D eigenvalue weighted by Crippen LogP contribution is -2.42. The molecule has 2 rings (SSSR count). The predicted octanol–water partition coefficient (Wildman–Crippen LogP) is 1.02. The molecule has 0 aromatic rings. The number of carbonyl (C=O) groups excluding carboxylic acids is 1. The van der Waals surface area contributed by atoms with Gasteiger partial charge in [-0.05, 0) is 32.6 Å². The highest BCUT2D eigenvalue weighted by molar-refractivity contribution is 5.82. The minimum absolute atomic E-state index is 0.0156. The first-order valence-corrected chi connectivity index (χ1v) is 6.25. The van der Waals surface area contributed by atoms with Gasteiger partial charge in [-0.15, -0.1) is 0 Å². The molecule has 5 nitrogen and oxygen atoms in total. The minimum atomic E-state index is -0.838. The van der Waals surface area contributed by atoms with E-state index in [4.69, 9.17) is 9.84 Å². The Morgan fingerprint density at radius 3 is 2.71 bits per heavy atom. The van der Waals surface area contributed by atoms with Crippen LogP contribution in [-0.2, 0) is 14.3 Å². The van der Waals surface area contributed by atoms with Crippen LogP contribution in [0.1, 0.15) is 39.0 Å². The Morgan fingerprint density at radius 2 is 2.12 bits per heavy atom. The molecule has 3 atom stereocenters. The van der Waals surface area contributed by atoms with Crippen LogP contribution < -0.4 is 0 Å². The van der Waals surface area contributed by atoms with Gasteiger partial charge >= 0.3 is 5.97 Å². The van der Waals surface area contributed by atoms with Crippen molar-refractivity contribution < 1.29 is 19.4 Å². The van der Waals surface area contributed by atoms with Gasteiger partial charge in [-0.2, -0.15) is 0 Å². The molecule has 5 heteroatoms. The summed E-state index contributed by atoms with van der Waals surface area (Å²) in [4.78, 5) is 24.6. The number of carboxylic acids is 1. The number of aliphatic carboxylic acids is 1. The van der Waals surface area contributed by atoms with Crippen molar-refractivity contribution in [3.05, 3.63) is 0 Å². The summed E-state index contributed by atoms with van der Waals surface area (Å²) in [6, 6.07) is -0.139. The highest BCUT2D eigenvalue weighted by Gasteiger charge is 2.37. The van der Waals surface area contributed by atoms with E-state index in [1.807, 2.05) is 6.92 Å². The topological polar surface area (TPSA) is 66.8 Å². The maximum absolute atomic E-state index is 12.2. The normalized spacial score (nSPS) is 33.0. The van der Waals surface area contributed by atoms with Crippen molar-refractivity contribution in [1.82, 2.24) is 4.90 Å². The van der Waals surface area contributed by atoms with Crippen LogP contribution in [0.15, 0.2) is 0 Å². The summed E-state index contributed by atoms with van der Waals surface area (Å²) < 4.78 is 5.55. The van der Waals surface area contributed by atoms with E-state index in [1.165, 1.54) is 0 Å². The van der Waals surface area contributed by atoms with E-state index in [2.05, 4.69) is 0 Å². The summed E-state index contributed by atoms with van der Waals surface area (Å²) in [5, 5.41) is 8.81. The summed E-state index contributed by atoms with van der Waals surface area (Å²) in [5.41, 5.74) is 0. The summed E-state index contributed by atoms with van der Waals surface area (Å²) in [7, 11) is 0. The van der Waals surface area contributed by atoms with E-state index in [1.54, 1.807) is 4.90 Å². The third-order valence-electron chi connectivity index (χ3n) is 3.58. The van der Waals surface area contributed by atoms with Gasteiger partial charge in [0.15, 0.2) is 0 Å². The van der Waals surface area contributed by atoms with Crippen molar-refractivity contribution in [3.8, 4) is 0 Å². The summed E-state index contributed by atoms with van der Waals surface area (Å²) in [6.07, 6.45) is 3.20. The first kappa shape index (κ1) is 12.4. The first-order chi connectivity index (χ1) is 8.08. The number of hydrogen-bond donors (Lipinski definition) is 1. The average molecular weight is 241 g/mol. The van der Waals surface area contributed by atoms with Crippen LogP contribution in [0.4, 0.5) is 0 Å². The molecular formula is C12H19NO4. The van der Waals surface area contributed by atoms with Crippen LogP contribution in [0.25, 0.3) is 0 Å². The molecule has 0 aromatic heterocycles. The molecule has 0 spiro atoms. The van der Waals surface area contributed by atoms with Gasteiger partial charge in [-0.3, -0.25) is 9.59 Å². The Hall–Kier alpha value is -1.10. The first-order valence-electron chi connectivity index (χ1n) is 6.25. The monoisotopic (exact) mass is 241 g/mol. The van der Waals surface area contributed by atoms with Gasteiger partial charge < -0.3 is 14.7 Å². The lowest BCUT2D eigenvalue weighted by molar-refractivity contribution is -0.145. The minimum Gasteiger partial charge on any atom is -0.481 e. The largest absolute Gasteiger partial charge is 0.481 e. The number of rotatable bonds is 3. The molecule has 1 N–H and O–H groups in total. The van der Waals surface area contributed by atoms with Crippen molar-refractivity contribution in [1.29, 1.82) is 0 Å². The number of hydrogen-bond acceptors (Lipinski definition) is 3. The van der Waals surface area contributed by atoms with E-state index in [-0.39, 0.29) is 30.6 Å². The van der Waals surface area contributed by atoms with Crippen LogP contribution in [0, 0.1) is 0 Å². The lowest BCUT2D eigenvalue weighted by Gasteiger charge is -2.26. The van der Waals surface area contributed by atoms with E-state index in [9.17, 15) is 9.59 Å². The Balaban J connectivity index is 1.95. The van der Waals surface area contributed by atoms with Gasteiger partial charge in [-0.25, -0.2) is 0 Å². The van der Waals surface area contributed by atoms with Crippen LogP contribution in [0.5, 0.6) is 0 Å². The SMILES string of the molecule is CC1CCC(C(=O)N2CCCC2CC(=O)O)O1. The Morgan fingerprint density at radius 1 is 1.35 bits per heavy atom. The molecular weight excluding hydrogens is 222 g/mol. The molecule has 2 aliphatic rings. The van der Waals surface area contributed by atoms with Crippen LogP contribution >= 0.6 is 0 Å². The van der Waals surface area contributed by atoms with Gasteiger partial charge in [0, 0.05) is 12.6 Å². The second-order valence-electron chi connectivity index (χ2n) is 4.94. The molecule has 0 aromatic carbocycles. The lowest BCUT2D eigenvalue weighted by atomic mass is 10.1. The summed E-state index contributed by atoms with van der Waals surface area (Å²) in [5.74, 6) is -0.853. The van der Waals surface area contributed by atoms with E-state index >= 15 is 0 Å². The molecule has 17 heavy (non-hydrogen) atoms. The number of amides is 1. The number of likely N-dealkylation sites (tertiary alicyclic amines) is 1. The summed E-state index contributed by atoms with van der Waals surface area (Å²) in [6.45, 7) is 2.64. The fourth-order valence-corrected chi connectivity index (χ4v) is 2.71. The zero-order valence-electron chi connectivity index (χ0n) is 10.1. The maximum Gasteiger partial charge on any atom is 0.305 e. The van der Waals surface area contributed by atoms with E-state index in [0.29, 0.717) is 6.54 Å². The molecule has 0 aliphatic carbocycles. The highest BCUT2D eigenvalue weighted by Crippen LogP contribution is 2.26. The van der Waals surface area contributed by atoms with Gasteiger partial charge in [0.1, 0.15) is 6.10 Å². The number of carboxylic acid groups (broad SMARTS) is 1. The molecule has 2 fully saturated rings. The molecule has 0 saturated carbocycles. The van der Waals surface area contributed by atoms with Gasteiger partial charge in [0.2, 0.25) is 0 Å². The Labute approximate surface area is 101 Å². The molecule has 3 unspecified atom stereocenters. The molecule has 0 radical (unpaired) electrons. The maximum atomic E-state index is 12.2. The zero-order chi connectivity index (χ0) is 12.4. The van der Waals surface area contributed by atoms with Gasteiger partial charge in [0.05, 0.1) is 12.5 Å². The van der Waals surface area contributed by atoms with Crippen molar-refractivity contribution in [3.63, 3.8) is 0 Å². The Bertz CT molecular complexity index is 318. The molecule has 2 aliphatic heterocycles. The molecule has 2 heterocycles. The average Bonchev–Trinajstić information content (AvgIpc) is 2.85. The highest BCUT2D eigenvalue weighted by atomic mass is 16.5.